The molecule has 56 valence electrons. The number of rotatable bonds is 0. The minimum absolute atomic E-state index is 0.154. The molecule has 2 heterocycles. The van der Waals surface area contributed by atoms with Gasteiger partial charge < -0.3 is 15.4 Å². The van der Waals surface area contributed by atoms with Gasteiger partial charge >= 0.3 is 6.09 Å². The minimum Gasteiger partial charge on any atom is -0.438 e. The van der Waals surface area contributed by atoms with E-state index in [1.165, 1.54) is 0 Å². The van der Waals surface area contributed by atoms with Crippen LogP contribution in [-0.4, -0.2) is 30.8 Å². The topological polar surface area (TPSA) is 50.4 Å². The fraction of sp³-hybridized carbons (Fsp3) is 0.833. The molecule has 4 heteroatoms. The van der Waals surface area contributed by atoms with E-state index in [1.807, 2.05) is 6.92 Å². The number of nitrogens with one attached hydrogen (secondary N) is 2. The molecule has 2 aliphatic rings. The van der Waals surface area contributed by atoms with Crippen LogP contribution in [0, 0.1) is 0 Å². The average molecular weight is 142 g/mol. The summed E-state index contributed by atoms with van der Waals surface area (Å²) in [5, 5.41) is 5.79. The Morgan fingerprint density at radius 3 is 2.60 bits per heavy atom. The molecule has 0 radical (unpaired) electrons. The molecule has 0 aromatic carbocycles. The molecule has 10 heavy (non-hydrogen) atoms. The molecule has 4 nitrogen and oxygen atoms in total. The first-order valence-electron chi connectivity index (χ1n) is 3.43. The van der Waals surface area contributed by atoms with Crippen molar-refractivity contribution in [2.24, 2.45) is 0 Å². The van der Waals surface area contributed by atoms with E-state index in [9.17, 15) is 4.79 Å². The molecule has 1 atom stereocenters. The second kappa shape index (κ2) is 1.63. The van der Waals surface area contributed by atoms with Gasteiger partial charge in [0.15, 0.2) is 5.60 Å². The monoisotopic (exact) mass is 142 g/mol. The van der Waals surface area contributed by atoms with E-state index >= 15 is 0 Å². The summed E-state index contributed by atoms with van der Waals surface area (Å²) >= 11 is 0. The molecule has 2 saturated heterocycles. The summed E-state index contributed by atoms with van der Waals surface area (Å²) in [7, 11) is 0. The summed E-state index contributed by atoms with van der Waals surface area (Å²) in [5.74, 6) is 0. The lowest BCUT2D eigenvalue weighted by atomic mass is 9.90. The molecule has 2 rings (SSSR count). The van der Waals surface area contributed by atoms with Gasteiger partial charge in [-0.3, -0.25) is 0 Å². The molecule has 0 aliphatic carbocycles. The van der Waals surface area contributed by atoms with Crippen LogP contribution < -0.4 is 10.6 Å². The van der Waals surface area contributed by atoms with Crippen LogP contribution in [0.5, 0.6) is 0 Å². The minimum atomic E-state index is -0.283. The molecule has 0 saturated carbocycles. The maximum atomic E-state index is 10.7. The van der Waals surface area contributed by atoms with E-state index in [2.05, 4.69) is 10.6 Å². The van der Waals surface area contributed by atoms with Crippen LogP contribution in [-0.2, 0) is 4.74 Å². The largest absolute Gasteiger partial charge is 0.438 e. The van der Waals surface area contributed by atoms with Gasteiger partial charge in [0, 0.05) is 13.1 Å². The highest BCUT2D eigenvalue weighted by atomic mass is 16.6. The second-order valence-corrected chi connectivity index (χ2v) is 2.92. The Morgan fingerprint density at radius 1 is 1.70 bits per heavy atom. The number of alkyl carbamates (subject to hydrolysis) is 1. The van der Waals surface area contributed by atoms with Crippen LogP contribution >= 0.6 is 0 Å². The van der Waals surface area contributed by atoms with Crippen LogP contribution in [0.15, 0.2) is 0 Å². The summed E-state index contributed by atoms with van der Waals surface area (Å²) in [5.41, 5.74) is -0.225. The zero-order chi connectivity index (χ0) is 7.19. The summed E-state index contributed by atoms with van der Waals surface area (Å²) in [6.45, 7) is 3.53. The zero-order valence-electron chi connectivity index (χ0n) is 5.81. The molecule has 0 unspecified atom stereocenters. The lowest BCUT2D eigenvalue weighted by Gasteiger charge is -2.39. The molecule has 1 amide bonds. The Balaban J connectivity index is 2.15. The van der Waals surface area contributed by atoms with Crippen molar-refractivity contribution in [1.29, 1.82) is 0 Å². The van der Waals surface area contributed by atoms with Gasteiger partial charge in [0.25, 0.3) is 0 Å². The van der Waals surface area contributed by atoms with Crippen molar-refractivity contribution in [3.63, 3.8) is 0 Å². The standard InChI is InChI=1S/C6H10N2O2/c1-4-6(2-7-3-6)10-5(9)8-4/h4,7H,2-3H2,1H3,(H,8,9)/t4-/m1/s1. The van der Waals surface area contributed by atoms with E-state index < -0.39 is 0 Å². The lowest BCUT2D eigenvalue weighted by molar-refractivity contribution is -0.00411. The Labute approximate surface area is 58.9 Å². The number of hydrogen-bond donors (Lipinski definition) is 2. The van der Waals surface area contributed by atoms with Crippen molar-refractivity contribution in [2.75, 3.05) is 13.1 Å². The average Bonchev–Trinajstić information content (AvgIpc) is 2.04. The fourth-order valence-corrected chi connectivity index (χ4v) is 1.36. The van der Waals surface area contributed by atoms with Crippen molar-refractivity contribution in [1.82, 2.24) is 10.6 Å². The second-order valence-electron chi connectivity index (χ2n) is 2.92. The van der Waals surface area contributed by atoms with Crippen LogP contribution in [0.3, 0.4) is 0 Å². The van der Waals surface area contributed by atoms with Crippen molar-refractivity contribution in [2.45, 2.75) is 18.6 Å². The predicted octanol–water partition coefficient (Wildman–Crippen LogP) is -0.543. The van der Waals surface area contributed by atoms with Gasteiger partial charge in [-0.1, -0.05) is 0 Å². The van der Waals surface area contributed by atoms with Crippen molar-refractivity contribution in [3.8, 4) is 0 Å². The summed E-state index contributed by atoms with van der Waals surface area (Å²) in [4.78, 5) is 10.7. The molecule has 1 spiro atoms. The molecule has 0 aromatic rings. The van der Waals surface area contributed by atoms with Crippen molar-refractivity contribution in [3.05, 3.63) is 0 Å². The number of hydrogen-bond acceptors (Lipinski definition) is 3. The molecule has 0 bridgehead atoms. The van der Waals surface area contributed by atoms with Gasteiger partial charge in [0.1, 0.15) is 0 Å². The molecular weight excluding hydrogens is 132 g/mol. The third-order valence-electron chi connectivity index (χ3n) is 2.27. The first-order chi connectivity index (χ1) is 4.73. The van der Waals surface area contributed by atoms with Gasteiger partial charge in [0.2, 0.25) is 0 Å². The highest BCUT2D eigenvalue weighted by Crippen LogP contribution is 2.25. The third-order valence-corrected chi connectivity index (χ3v) is 2.27. The number of carbonyl (C=O) groups is 1. The highest BCUT2D eigenvalue weighted by molar-refractivity contribution is 5.71. The van der Waals surface area contributed by atoms with Gasteiger partial charge in [-0.2, -0.15) is 0 Å². The molecule has 2 aliphatic heterocycles. The maximum absolute atomic E-state index is 10.7. The number of ether oxygens (including phenoxy) is 1. The van der Waals surface area contributed by atoms with E-state index in [0.717, 1.165) is 13.1 Å². The fourth-order valence-electron chi connectivity index (χ4n) is 1.36. The van der Waals surface area contributed by atoms with Crippen LogP contribution in [0.4, 0.5) is 4.79 Å². The van der Waals surface area contributed by atoms with E-state index in [1.54, 1.807) is 0 Å². The lowest BCUT2D eigenvalue weighted by Crippen LogP contribution is -2.65. The smallest absolute Gasteiger partial charge is 0.408 e. The van der Waals surface area contributed by atoms with Crippen LogP contribution in [0.25, 0.3) is 0 Å². The molecule has 0 aromatic heterocycles. The normalized spacial score (nSPS) is 34.9. The van der Waals surface area contributed by atoms with E-state index in [0.29, 0.717) is 0 Å². The van der Waals surface area contributed by atoms with Crippen molar-refractivity contribution >= 4 is 6.09 Å². The van der Waals surface area contributed by atoms with Gasteiger partial charge in [0.05, 0.1) is 6.04 Å². The Bertz CT molecular complexity index is 177. The van der Waals surface area contributed by atoms with Crippen molar-refractivity contribution < 1.29 is 9.53 Å². The summed E-state index contributed by atoms with van der Waals surface area (Å²) in [6.07, 6.45) is -0.283. The summed E-state index contributed by atoms with van der Waals surface area (Å²) in [6, 6.07) is 0.154. The van der Waals surface area contributed by atoms with Crippen LogP contribution in [0.2, 0.25) is 0 Å². The Kier molecular flexibility index (Phi) is 0.976. The maximum Gasteiger partial charge on any atom is 0.408 e. The van der Waals surface area contributed by atoms with Crippen LogP contribution in [0.1, 0.15) is 6.92 Å². The first kappa shape index (κ1) is 5.97. The van der Waals surface area contributed by atoms with Gasteiger partial charge in [-0.25, -0.2) is 4.79 Å². The highest BCUT2D eigenvalue weighted by Gasteiger charge is 2.51. The predicted molar refractivity (Wildman–Crippen MR) is 34.7 cm³/mol. The SMILES string of the molecule is C[C@H]1NC(=O)OC12CNC2. The quantitative estimate of drug-likeness (QED) is 0.477. The molecular formula is C6H10N2O2. The Hall–Kier alpha value is -0.770. The Morgan fingerprint density at radius 2 is 2.40 bits per heavy atom. The first-order valence-corrected chi connectivity index (χ1v) is 3.43. The van der Waals surface area contributed by atoms with Gasteiger partial charge in [-0.05, 0) is 6.92 Å². The zero-order valence-corrected chi connectivity index (χ0v) is 5.81. The summed E-state index contributed by atoms with van der Waals surface area (Å²) < 4.78 is 5.08. The van der Waals surface area contributed by atoms with E-state index in [-0.39, 0.29) is 17.7 Å². The van der Waals surface area contributed by atoms with Gasteiger partial charge in [-0.15, -0.1) is 0 Å². The van der Waals surface area contributed by atoms with E-state index in [4.69, 9.17) is 4.74 Å². The third kappa shape index (κ3) is 0.568. The number of amides is 1. The molecule has 2 fully saturated rings. The number of carbonyl (C=O) groups excluding carboxylic acids is 1. The molecule has 2 N–H and O–H groups in total.